The van der Waals surface area contributed by atoms with Crippen LogP contribution in [-0.4, -0.2) is 63.4 Å². The number of nitrogens with one attached hydrogen (secondary N) is 2. The van der Waals surface area contributed by atoms with Crippen molar-refractivity contribution in [1.29, 1.82) is 0 Å². The van der Waals surface area contributed by atoms with Crippen LogP contribution in [0.1, 0.15) is 30.2 Å². The van der Waals surface area contributed by atoms with E-state index in [1.165, 1.54) is 10.4 Å². The van der Waals surface area contributed by atoms with Gasteiger partial charge in [0.05, 0.1) is 29.9 Å². The van der Waals surface area contributed by atoms with Gasteiger partial charge in [0.2, 0.25) is 5.91 Å². The van der Waals surface area contributed by atoms with E-state index in [2.05, 4.69) is 25.5 Å². The molecule has 2 atom stereocenters. The van der Waals surface area contributed by atoms with E-state index in [4.69, 9.17) is 4.74 Å². The van der Waals surface area contributed by atoms with Crippen molar-refractivity contribution in [2.75, 3.05) is 32.6 Å². The third-order valence-corrected chi connectivity index (χ3v) is 8.02. The Morgan fingerprint density at radius 1 is 1.40 bits per heavy atom. The van der Waals surface area contributed by atoms with E-state index in [-0.39, 0.29) is 24.3 Å². The lowest BCUT2D eigenvalue weighted by Gasteiger charge is -2.27. The number of fused-ring (bicyclic) bond motifs is 4. The zero-order valence-electron chi connectivity index (χ0n) is 20.2. The van der Waals surface area contributed by atoms with E-state index >= 15 is 0 Å². The van der Waals surface area contributed by atoms with Crippen molar-refractivity contribution in [3.63, 3.8) is 0 Å². The van der Waals surface area contributed by atoms with Crippen molar-refractivity contribution < 1.29 is 14.6 Å². The molecule has 0 fully saturated rings. The molecule has 1 aromatic carbocycles. The number of hydrogen-bond acceptors (Lipinski definition) is 8. The smallest absolute Gasteiger partial charge is 0.225 e. The van der Waals surface area contributed by atoms with Crippen LogP contribution in [0.25, 0.3) is 21.1 Å². The lowest BCUT2D eigenvalue weighted by atomic mass is 9.87. The molecule has 1 aliphatic rings. The summed E-state index contributed by atoms with van der Waals surface area (Å²) in [6.45, 7) is 2.81. The summed E-state index contributed by atoms with van der Waals surface area (Å²) in [7, 11) is 3.51. The van der Waals surface area contributed by atoms with Crippen LogP contribution in [0.2, 0.25) is 0 Å². The number of aromatic nitrogens is 4. The molecule has 0 saturated carbocycles. The molecular weight excluding hydrogens is 464 g/mol. The van der Waals surface area contributed by atoms with Crippen molar-refractivity contribution in [3.8, 4) is 5.75 Å². The number of H-pyrrole nitrogens is 1. The number of carbonyl (C=O) groups excluding carboxylic acids is 1. The maximum absolute atomic E-state index is 13.1. The Morgan fingerprint density at radius 3 is 3.06 bits per heavy atom. The number of hydrogen-bond donors (Lipinski definition) is 3. The fraction of sp³-hybridized carbons (Fsp3) is 0.440. The number of ether oxygens (including phenoxy) is 1. The number of methoxy groups -OCH3 is 1. The van der Waals surface area contributed by atoms with Crippen molar-refractivity contribution in [2.45, 2.75) is 32.6 Å². The molecule has 0 bridgehead atoms. The van der Waals surface area contributed by atoms with Crippen LogP contribution < -0.4 is 10.1 Å². The number of thiophene rings is 1. The fourth-order valence-electron chi connectivity index (χ4n) is 4.71. The maximum Gasteiger partial charge on any atom is 0.225 e. The molecule has 0 radical (unpaired) electrons. The van der Waals surface area contributed by atoms with Crippen LogP contribution in [0.4, 0.5) is 11.5 Å². The molecule has 0 spiro atoms. The number of amides is 1. The molecule has 184 valence electrons. The van der Waals surface area contributed by atoms with E-state index < -0.39 is 0 Å². The zero-order chi connectivity index (χ0) is 24.5. The standard InChI is InChI=1S/C25H30N6O3S/c1-14(12-32)6-7-31(2)25(33)15-4-5-17-21(9-15)35-24-22(17)23(26-13-27-24)29-19-8-16-11-28-30-18(16)10-20(19)34-3/h8,10-11,13-15,32H,4-7,9,12H2,1-3H3,(H,28,30)(H,26,27,29)/t14?,15-/m0/s1. The molecule has 35 heavy (non-hydrogen) atoms. The van der Waals surface area contributed by atoms with Crippen molar-refractivity contribution in [1.82, 2.24) is 25.1 Å². The molecule has 0 aliphatic heterocycles. The first kappa shape index (κ1) is 23.5. The van der Waals surface area contributed by atoms with E-state index in [9.17, 15) is 9.90 Å². The Balaban J connectivity index is 1.40. The second-order valence-corrected chi connectivity index (χ2v) is 10.4. The predicted molar refractivity (Wildman–Crippen MR) is 137 cm³/mol. The van der Waals surface area contributed by atoms with Gasteiger partial charge in [0.1, 0.15) is 22.7 Å². The Morgan fingerprint density at radius 2 is 2.26 bits per heavy atom. The summed E-state index contributed by atoms with van der Waals surface area (Å²) in [5.41, 5.74) is 2.95. The third-order valence-electron chi connectivity index (χ3n) is 6.85. The molecule has 1 unspecified atom stereocenters. The first-order chi connectivity index (χ1) is 17.0. The van der Waals surface area contributed by atoms with Gasteiger partial charge in [-0.25, -0.2) is 9.97 Å². The van der Waals surface area contributed by atoms with Crippen LogP contribution in [0.3, 0.4) is 0 Å². The number of aliphatic hydroxyl groups is 1. The van der Waals surface area contributed by atoms with Crippen molar-refractivity contribution in [2.24, 2.45) is 11.8 Å². The van der Waals surface area contributed by atoms with Gasteiger partial charge >= 0.3 is 0 Å². The number of benzene rings is 1. The Kier molecular flexibility index (Phi) is 6.57. The van der Waals surface area contributed by atoms with Crippen LogP contribution >= 0.6 is 11.3 Å². The molecule has 3 N–H and O–H groups in total. The lowest BCUT2D eigenvalue weighted by Crippen LogP contribution is -2.36. The van der Waals surface area contributed by atoms with Crippen LogP contribution in [0.5, 0.6) is 5.75 Å². The Hall–Kier alpha value is -3.24. The zero-order valence-corrected chi connectivity index (χ0v) is 21.0. The first-order valence-corrected chi connectivity index (χ1v) is 12.7. The van der Waals surface area contributed by atoms with Crippen LogP contribution in [-0.2, 0) is 17.6 Å². The number of aromatic amines is 1. The van der Waals surface area contributed by atoms with E-state index in [1.54, 1.807) is 31.0 Å². The molecule has 1 aliphatic carbocycles. The molecule has 3 aromatic heterocycles. The van der Waals surface area contributed by atoms with Gasteiger partial charge in [0.15, 0.2) is 0 Å². The molecule has 3 heterocycles. The quantitative estimate of drug-likeness (QED) is 0.340. The SMILES string of the molecule is COc1cc2[nH]ncc2cc1Nc1ncnc2sc3c(c12)CC[C@H](C(=O)N(C)CCC(C)CO)C3. The molecule has 10 heteroatoms. The van der Waals surface area contributed by atoms with Crippen LogP contribution in [0.15, 0.2) is 24.7 Å². The largest absolute Gasteiger partial charge is 0.494 e. The average Bonchev–Trinajstić information content (AvgIpc) is 3.49. The minimum absolute atomic E-state index is 0.0297. The van der Waals surface area contributed by atoms with E-state index in [0.29, 0.717) is 12.3 Å². The normalized spacial score (nSPS) is 16.3. The number of carbonyl (C=O) groups is 1. The molecule has 5 rings (SSSR count). The van der Waals surface area contributed by atoms with Gasteiger partial charge < -0.3 is 20.1 Å². The van der Waals surface area contributed by atoms with Gasteiger partial charge in [0.25, 0.3) is 0 Å². The Bertz CT molecular complexity index is 1370. The van der Waals surface area contributed by atoms with Gasteiger partial charge in [0, 0.05) is 42.4 Å². The predicted octanol–water partition coefficient (Wildman–Crippen LogP) is 3.90. The minimum Gasteiger partial charge on any atom is -0.494 e. The summed E-state index contributed by atoms with van der Waals surface area (Å²) in [4.78, 5) is 26.2. The van der Waals surface area contributed by atoms with E-state index in [1.807, 2.05) is 31.0 Å². The maximum atomic E-state index is 13.1. The summed E-state index contributed by atoms with van der Waals surface area (Å²) < 4.78 is 5.60. The number of rotatable bonds is 8. The summed E-state index contributed by atoms with van der Waals surface area (Å²) in [5, 5.41) is 21.8. The summed E-state index contributed by atoms with van der Waals surface area (Å²) in [5.74, 6) is 1.79. The number of aliphatic hydroxyl groups excluding tert-OH is 1. The monoisotopic (exact) mass is 494 g/mol. The van der Waals surface area contributed by atoms with Crippen molar-refractivity contribution in [3.05, 3.63) is 35.1 Å². The molecular formula is C25H30N6O3S. The summed E-state index contributed by atoms with van der Waals surface area (Å²) >= 11 is 1.65. The highest BCUT2D eigenvalue weighted by atomic mass is 32.1. The number of aryl methyl sites for hydroxylation is 1. The third kappa shape index (κ3) is 4.55. The highest BCUT2D eigenvalue weighted by molar-refractivity contribution is 7.19. The second-order valence-electron chi connectivity index (χ2n) is 9.32. The summed E-state index contributed by atoms with van der Waals surface area (Å²) in [6.07, 6.45) is 6.49. The minimum atomic E-state index is -0.0297. The topological polar surface area (TPSA) is 116 Å². The van der Waals surface area contributed by atoms with E-state index in [0.717, 1.165) is 58.3 Å². The number of nitrogens with zero attached hydrogens (tertiary/aromatic N) is 4. The molecule has 1 amide bonds. The average molecular weight is 495 g/mol. The summed E-state index contributed by atoms with van der Waals surface area (Å²) in [6, 6.07) is 3.91. The highest BCUT2D eigenvalue weighted by Gasteiger charge is 2.30. The fourth-order valence-corrected chi connectivity index (χ4v) is 5.98. The van der Waals surface area contributed by atoms with Gasteiger partial charge in [-0.1, -0.05) is 6.92 Å². The molecule has 4 aromatic rings. The molecule has 9 nitrogen and oxygen atoms in total. The van der Waals surface area contributed by atoms with Gasteiger partial charge in [-0.2, -0.15) is 5.10 Å². The van der Waals surface area contributed by atoms with Gasteiger partial charge in [-0.3, -0.25) is 9.89 Å². The molecule has 0 saturated heterocycles. The van der Waals surface area contributed by atoms with Gasteiger partial charge in [-0.15, -0.1) is 11.3 Å². The van der Waals surface area contributed by atoms with Crippen molar-refractivity contribution >= 4 is 49.9 Å². The second kappa shape index (κ2) is 9.79. The van der Waals surface area contributed by atoms with Crippen LogP contribution in [0, 0.1) is 11.8 Å². The highest BCUT2D eigenvalue weighted by Crippen LogP contribution is 2.41. The first-order valence-electron chi connectivity index (χ1n) is 11.9. The van der Waals surface area contributed by atoms with Gasteiger partial charge in [-0.05, 0) is 43.2 Å². The Labute approximate surface area is 207 Å². The number of anilines is 2. The lowest BCUT2D eigenvalue weighted by molar-refractivity contribution is -0.134.